The molecule has 3 fully saturated rings. The molecule has 0 saturated carbocycles. The lowest BCUT2D eigenvalue weighted by Crippen LogP contribution is -2.48. The van der Waals surface area contributed by atoms with Gasteiger partial charge in [0.05, 0.1) is 42.2 Å². The number of methoxy groups -OCH3 is 1. The lowest BCUT2D eigenvalue weighted by Gasteiger charge is -2.36. The van der Waals surface area contributed by atoms with Crippen LogP contribution in [0.2, 0.25) is 0 Å². The number of aromatic nitrogens is 2. The summed E-state index contributed by atoms with van der Waals surface area (Å²) in [6, 6.07) is 104. The van der Waals surface area contributed by atoms with Crippen molar-refractivity contribution in [2.24, 2.45) is 16.1 Å². The number of aryl methyl sites for hydroxylation is 4. The van der Waals surface area contributed by atoms with Crippen molar-refractivity contribution in [2.75, 3.05) is 114 Å². The van der Waals surface area contributed by atoms with Crippen molar-refractivity contribution < 1.29 is 57.5 Å². The minimum atomic E-state index is -0.312. The van der Waals surface area contributed by atoms with E-state index in [9.17, 15) is 52.7 Å². The van der Waals surface area contributed by atoms with Crippen LogP contribution in [-0.2, 0) is 65.8 Å². The van der Waals surface area contributed by atoms with E-state index in [4.69, 9.17) is 4.74 Å². The Bertz CT molecular complexity index is 6820. The predicted molar refractivity (Wildman–Crippen MR) is 595 cm³/mol. The summed E-state index contributed by atoms with van der Waals surface area (Å²) in [5.41, 5.74) is 17.6. The summed E-state index contributed by atoms with van der Waals surface area (Å²) in [7, 11) is 1.60. The Morgan fingerprint density at radius 2 is 1.01 bits per heavy atom. The molecule has 31 heteroatoms. The number of benzene rings is 12. The van der Waals surface area contributed by atoms with Gasteiger partial charge in [-0.3, -0.25) is 58.1 Å². The highest BCUT2D eigenvalue weighted by molar-refractivity contribution is 8.00. The molecule has 6 heterocycles. The maximum Gasteiger partial charge on any atom is 0.264 e. The van der Waals surface area contributed by atoms with Gasteiger partial charge in [0.15, 0.2) is 0 Å². The van der Waals surface area contributed by atoms with Crippen molar-refractivity contribution >= 4 is 151 Å². The van der Waals surface area contributed by atoms with E-state index in [1.807, 2.05) is 317 Å². The molecule has 2 aromatic heterocycles. The Kier molecular flexibility index (Phi) is 42.2. The minimum Gasteiger partial charge on any atom is -0.497 e. The Morgan fingerprint density at radius 3 is 1.60 bits per heavy atom. The van der Waals surface area contributed by atoms with Crippen LogP contribution in [0.15, 0.2) is 348 Å². The topological polar surface area (TPSA) is 348 Å². The summed E-state index contributed by atoms with van der Waals surface area (Å²) >= 11 is 4.30. The zero-order chi connectivity index (χ0) is 105. The molecule has 28 nitrogen and oxygen atoms in total. The van der Waals surface area contributed by atoms with Gasteiger partial charge in [-0.1, -0.05) is 224 Å². The van der Waals surface area contributed by atoms with Crippen LogP contribution in [0.3, 0.4) is 0 Å². The largest absolute Gasteiger partial charge is 0.497 e. The Labute approximate surface area is 881 Å². The SMILES string of the molecule is CCCNC(=O)C1CC(=O)N(c2ccc(OC)cc2)C1.Cc1ccc(C(=O)N2CCN(c3ccc(CC(=O)Cc4ccccc4)cc3)CC2)cc1.Cc1ccc(NC=O)cc1C.Cc1ccc(SCC(=O)NC2=NN=C(CC(=O)NCc3ccccc3)C2)cc1.O=C(Cc1ccccc1)Nc1ccc(N2CCN(C(=O)c3cccs3)CC2)cc1.O=C(Nc1cccc(C(=O)Nc2nnc(Cc3ccccc3)s2)c1)c1ccccc1. The fraction of sp³-hybridized carbons (Fsp3) is 0.229. The lowest BCUT2D eigenvalue weighted by molar-refractivity contribution is -0.126. The van der Waals surface area contributed by atoms with Gasteiger partial charge < -0.3 is 61.1 Å². The molecule has 12 aromatic carbocycles. The summed E-state index contributed by atoms with van der Waals surface area (Å²) in [5, 5.41) is 39.0. The normalized spacial score (nSPS) is 13.2. The lowest BCUT2D eigenvalue weighted by atomic mass is 10.0. The van der Waals surface area contributed by atoms with Crippen molar-refractivity contribution in [1.82, 2.24) is 35.9 Å². The maximum absolute atomic E-state index is 12.7. The molecule has 764 valence electrons. The number of Topliss-reactive ketones (excluding diaryl/α,β-unsaturated/α-hetero) is 1. The zero-order valence-corrected chi connectivity index (χ0v) is 86.6. The number of amidine groups is 1. The Balaban J connectivity index is 0.000000152. The van der Waals surface area contributed by atoms with E-state index in [-0.39, 0.29) is 77.7 Å². The smallest absolute Gasteiger partial charge is 0.264 e. The fourth-order valence-electron chi connectivity index (χ4n) is 16.1. The summed E-state index contributed by atoms with van der Waals surface area (Å²) in [6.07, 6.45) is 4.37. The Hall–Kier alpha value is -16.6. The first-order valence-corrected chi connectivity index (χ1v) is 51.9. The molecule has 1 unspecified atom stereocenters. The van der Waals surface area contributed by atoms with Crippen LogP contribution in [0.5, 0.6) is 5.75 Å². The molecular formula is C118H122N16O12S3. The monoisotopic (exact) mass is 2050 g/mol. The molecule has 3 saturated heterocycles. The van der Waals surface area contributed by atoms with E-state index < -0.39 is 0 Å². The Morgan fingerprint density at radius 1 is 0.456 bits per heavy atom. The molecule has 7 N–H and O–H groups in total. The second-order valence-corrected chi connectivity index (χ2v) is 38.7. The molecule has 4 aliphatic rings. The van der Waals surface area contributed by atoms with Gasteiger partial charge in [0.25, 0.3) is 23.6 Å². The van der Waals surface area contributed by atoms with Crippen LogP contribution in [0.4, 0.5) is 39.3 Å². The van der Waals surface area contributed by atoms with Crippen molar-refractivity contribution in [1.29, 1.82) is 0 Å². The number of thioether (sulfide) groups is 1. The van der Waals surface area contributed by atoms with Crippen molar-refractivity contribution in [3.8, 4) is 5.75 Å². The number of nitrogens with one attached hydrogen (secondary N) is 7. The van der Waals surface area contributed by atoms with Gasteiger partial charge in [-0.2, -0.15) is 5.10 Å². The van der Waals surface area contributed by atoms with E-state index in [1.165, 1.54) is 51.1 Å². The van der Waals surface area contributed by atoms with Gasteiger partial charge in [-0.15, -0.1) is 38.4 Å². The second kappa shape index (κ2) is 57.3. The number of piperazine rings is 2. The molecule has 10 amide bonds. The zero-order valence-electron chi connectivity index (χ0n) is 84.2. The quantitative estimate of drug-likeness (QED) is 0.0157. The van der Waals surface area contributed by atoms with Gasteiger partial charge in [0.1, 0.15) is 22.4 Å². The number of carbonyl (C=O) groups excluding carboxylic acids is 11. The van der Waals surface area contributed by atoms with Gasteiger partial charge in [-0.05, 0) is 212 Å². The van der Waals surface area contributed by atoms with Gasteiger partial charge in [-0.25, -0.2) is 0 Å². The number of rotatable bonds is 31. The molecule has 149 heavy (non-hydrogen) atoms. The van der Waals surface area contributed by atoms with Crippen LogP contribution in [-0.4, -0.2) is 175 Å². The van der Waals surface area contributed by atoms with E-state index in [0.29, 0.717) is 124 Å². The number of thiophene rings is 1. The molecule has 0 radical (unpaired) electrons. The van der Waals surface area contributed by atoms with Gasteiger partial charge >= 0.3 is 0 Å². The first kappa shape index (κ1) is 110. The third-order valence-corrected chi connectivity index (χ3v) is 27.1. The van der Waals surface area contributed by atoms with Gasteiger partial charge in [0.2, 0.25) is 41.1 Å². The highest BCUT2D eigenvalue weighted by Crippen LogP contribution is 2.30. The fourth-order valence-corrected chi connectivity index (χ4v) is 18.2. The number of anilines is 7. The van der Waals surface area contributed by atoms with Crippen molar-refractivity contribution in [3.05, 3.63) is 410 Å². The maximum atomic E-state index is 12.7. The van der Waals surface area contributed by atoms with E-state index >= 15 is 0 Å². The van der Waals surface area contributed by atoms with Crippen LogP contribution < -0.4 is 56.7 Å². The van der Waals surface area contributed by atoms with Crippen LogP contribution >= 0.6 is 34.4 Å². The number of carbonyl (C=O) groups is 11. The first-order valence-electron chi connectivity index (χ1n) is 49.2. The molecule has 18 rings (SSSR count). The number of nitrogens with zero attached hydrogens (tertiary/aromatic N) is 9. The van der Waals surface area contributed by atoms with Crippen molar-refractivity contribution in [3.63, 3.8) is 0 Å². The van der Waals surface area contributed by atoms with E-state index in [1.54, 1.807) is 60.5 Å². The molecular weight excluding hydrogens is 1930 g/mol. The average Bonchev–Trinajstić information content (AvgIpc) is 1.60. The molecule has 0 spiro atoms. The van der Waals surface area contributed by atoms with Gasteiger partial charge in [0, 0.05) is 160 Å². The molecule has 14 aromatic rings. The standard InChI is InChI=1S/C27H28N2O2.C23H18N4O2S.C23H23N3O2S.C21H22N4O2S.C15H20N2O3.C9H11NO/c1-21-7-11-24(12-8-21)27(31)29-17-15-28(16-18-29)25-13-9-23(10-14-25)20-26(30)19-22-5-3-2-4-6-22;28-21(17-10-5-2-6-11-17)24-19-13-7-12-18(15-19)22(29)25-23-27-26-20(30-23)14-16-8-3-1-4-9-16;27-22(17-18-5-2-1-3-6-18)24-19-8-10-20(11-9-19)25-12-14-26(15-13-25)23(28)21-7-4-16-29-21;1-15-7-9-18(10-8-15)28-14-21(27)23-19-11-17(24-25-19)12-20(26)22-13-16-5-3-2-4-6-16;1-3-8-16-15(19)11-9-14(18)17(10-11)12-4-6-13(20-2)7-5-12;1-7-3-4-9(10-6-11)5-8(7)2/h2-14H,15-20H2,1H3;1-13,15H,14H2,(H,24,28)(H,25,27,29);1-11,16H,12-15,17H2,(H,24,27);2-10H,11-14H2,1H3,(H,22,26)(H,23,25,27);4-7,11H,3,8-10H2,1-2H3,(H,16,19);3-6H,1-2H3,(H,10,11). The molecule has 4 aliphatic heterocycles. The summed E-state index contributed by atoms with van der Waals surface area (Å²) < 4.78 is 5.09. The van der Waals surface area contributed by atoms with E-state index in [2.05, 4.69) is 79.6 Å². The summed E-state index contributed by atoms with van der Waals surface area (Å²) in [4.78, 5) is 145. The highest BCUT2D eigenvalue weighted by Gasteiger charge is 2.35. The number of ketones is 1. The summed E-state index contributed by atoms with van der Waals surface area (Å²) in [5.74, 6) is 0.882. The first-order chi connectivity index (χ1) is 72.4. The molecule has 0 aliphatic carbocycles. The third kappa shape index (κ3) is 35.6. The third-order valence-electron chi connectivity index (χ3n) is 24.4. The summed E-state index contributed by atoms with van der Waals surface area (Å²) in [6.45, 7) is 17.8. The van der Waals surface area contributed by atoms with Crippen LogP contribution in [0.1, 0.15) is 128 Å². The second-order valence-electron chi connectivity index (χ2n) is 35.7. The van der Waals surface area contributed by atoms with E-state index in [0.717, 1.165) is 121 Å². The van der Waals surface area contributed by atoms with Crippen LogP contribution in [0.25, 0.3) is 0 Å². The molecule has 1 atom stereocenters. The van der Waals surface area contributed by atoms with Crippen molar-refractivity contribution in [2.45, 2.75) is 97.4 Å². The average molecular weight is 2050 g/mol. The number of hydrogen-bond acceptors (Lipinski definition) is 21. The highest BCUT2D eigenvalue weighted by atomic mass is 32.2. The number of hydrogen-bond donors (Lipinski definition) is 7. The van der Waals surface area contributed by atoms with Crippen LogP contribution in [0, 0.1) is 33.6 Å². The molecule has 0 bridgehead atoms. The number of amides is 10. The predicted octanol–water partition coefficient (Wildman–Crippen LogP) is 19.4. The number of ether oxygens (including phenoxy) is 1. The minimum absolute atomic E-state index is 0.00758.